The van der Waals surface area contributed by atoms with E-state index in [1.807, 2.05) is 12.4 Å². The molecule has 1 heterocycles. The van der Waals surface area contributed by atoms with Crippen LogP contribution in [-0.4, -0.2) is 4.98 Å². The molecule has 1 aromatic heterocycles. The predicted octanol–water partition coefficient (Wildman–Crippen LogP) is 2.30. The third kappa shape index (κ3) is 0.551. The first-order valence-corrected chi connectivity index (χ1v) is 3.74. The molecule has 0 fully saturated rings. The normalized spacial score (nSPS) is 29.0. The Labute approximate surface area is 61.1 Å². The van der Waals surface area contributed by atoms with Crippen molar-refractivity contribution in [3.63, 3.8) is 0 Å². The van der Waals surface area contributed by atoms with Gasteiger partial charge in [0.2, 0.25) is 0 Å². The van der Waals surface area contributed by atoms with Crippen molar-refractivity contribution in [2.45, 2.75) is 25.7 Å². The lowest BCUT2D eigenvalue weighted by Gasteiger charge is -2.33. The Balaban J connectivity index is 2.50. The van der Waals surface area contributed by atoms with E-state index in [1.54, 1.807) is 0 Å². The molecule has 1 heteroatoms. The second kappa shape index (κ2) is 1.82. The molecule has 52 valence electrons. The van der Waals surface area contributed by atoms with Crippen molar-refractivity contribution in [3.8, 4) is 0 Å². The third-order valence-corrected chi connectivity index (χ3v) is 2.62. The van der Waals surface area contributed by atoms with E-state index in [2.05, 4.69) is 24.9 Å². The van der Waals surface area contributed by atoms with Crippen molar-refractivity contribution in [1.29, 1.82) is 0 Å². The molecule has 0 amide bonds. The predicted molar refractivity (Wildman–Crippen MR) is 41.1 cm³/mol. The molecule has 0 aromatic carbocycles. The van der Waals surface area contributed by atoms with Crippen LogP contribution < -0.4 is 0 Å². The molecule has 1 aromatic rings. The molecule has 2 rings (SSSR count). The fraction of sp³-hybridized carbons (Fsp3) is 0.444. The number of hydrogen-bond acceptors (Lipinski definition) is 1. The van der Waals surface area contributed by atoms with Crippen LogP contribution in [-0.2, 0) is 0 Å². The highest BCUT2D eigenvalue weighted by Gasteiger charge is 2.29. The van der Waals surface area contributed by atoms with E-state index in [1.165, 1.54) is 11.1 Å². The van der Waals surface area contributed by atoms with Gasteiger partial charge < -0.3 is 0 Å². The number of hydrogen-bond donors (Lipinski definition) is 0. The molecule has 2 atom stereocenters. The fourth-order valence-electron chi connectivity index (χ4n) is 1.66. The monoisotopic (exact) mass is 133 g/mol. The van der Waals surface area contributed by atoms with Gasteiger partial charge in [-0.3, -0.25) is 4.98 Å². The lowest BCUT2D eigenvalue weighted by molar-refractivity contribution is 0.539. The molecule has 0 N–H and O–H groups in total. The first-order chi connectivity index (χ1) is 4.80. The second-order valence-corrected chi connectivity index (χ2v) is 3.08. The lowest BCUT2D eigenvalue weighted by Crippen LogP contribution is -2.19. The Morgan fingerprint density at radius 2 is 1.90 bits per heavy atom. The number of fused-ring (bicyclic) bond motifs is 1. The minimum Gasteiger partial charge on any atom is -0.264 e. The van der Waals surface area contributed by atoms with Gasteiger partial charge in [0.25, 0.3) is 0 Å². The van der Waals surface area contributed by atoms with Crippen LogP contribution in [0.1, 0.15) is 36.8 Å². The fourth-order valence-corrected chi connectivity index (χ4v) is 1.66. The summed E-state index contributed by atoms with van der Waals surface area (Å²) < 4.78 is 0. The van der Waals surface area contributed by atoms with E-state index in [-0.39, 0.29) is 0 Å². The maximum Gasteiger partial charge on any atom is 0.0305 e. The second-order valence-electron chi connectivity index (χ2n) is 3.08. The van der Waals surface area contributed by atoms with Crippen LogP contribution in [0.4, 0.5) is 0 Å². The summed E-state index contributed by atoms with van der Waals surface area (Å²) in [5.41, 5.74) is 2.93. The van der Waals surface area contributed by atoms with Crippen molar-refractivity contribution >= 4 is 0 Å². The molecule has 0 aliphatic heterocycles. The Bertz CT molecular complexity index is 228. The summed E-state index contributed by atoms with van der Waals surface area (Å²) in [6, 6.07) is 2.12. The minimum absolute atomic E-state index is 0.726. The molecule has 0 bridgehead atoms. The van der Waals surface area contributed by atoms with Gasteiger partial charge in [-0.2, -0.15) is 0 Å². The molecule has 0 saturated heterocycles. The summed E-state index contributed by atoms with van der Waals surface area (Å²) in [5.74, 6) is 1.47. The van der Waals surface area contributed by atoms with Crippen LogP contribution in [0.5, 0.6) is 0 Å². The maximum absolute atomic E-state index is 4.08. The molecule has 10 heavy (non-hydrogen) atoms. The molecule has 0 radical (unpaired) electrons. The van der Waals surface area contributed by atoms with E-state index in [9.17, 15) is 0 Å². The smallest absolute Gasteiger partial charge is 0.0305 e. The quantitative estimate of drug-likeness (QED) is 0.529. The molecule has 0 spiro atoms. The van der Waals surface area contributed by atoms with Crippen LogP contribution in [0.3, 0.4) is 0 Å². The van der Waals surface area contributed by atoms with Gasteiger partial charge in [-0.25, -0.2) is 0 Å². The zero-order valence-electron chi connectivity index (χ0n) is 6.33. The van der Waals surface area contributed by atoms with E-state index < -0.39 is 0 Å². The molecule has 0 saturated carbocycles. The zero-order chi connectivity index (χ0) is 7.14. The highest BCUT2D eigenvalue weighted by molar-refractivity contribution is 5.41. The summed E-state index contributed by atoms with van der Waals surface area (Å²) in [4.78, 5) is 4.08. The largest absolute Gasteiger partial charge is 0.264 e. The molecular formula is C9H11N. The summed E-state index contributed by atoms with van der Waals surface area (Å²) in [5, 5.41) is 0. The van der Waals surface area contributed by atoms with Crippen LogP contribution >= 0.6 is 0 Å². The van der Waals surface area contributed by atoms with E-state index >= 15 is 0 Å². The zero-order valence-corrected chi connectivity index (χ0v) is 6.33. The van der Waals surface area contributed by atoms with Crippen molar-refractivity contribution in [3.05, 3.63) is 29.6 Å². The van der Waals surface area contributed by atoms with Gasteiger partial charge in [-0.15, -0.1) is 0 Å². The average Bonchev–Trinajstić information content (AvgIpc) is 2.03. The Kier molecular flexibility index (Phi) is 1.07. The lowest BCUT2D eigenvalue weighted by atomic mass is 9.71. The van der Waals surface area contributed by atoms with E-state index in [0.717, 1.165) is 11.8 Å². The molecule has 1 nitrogen and oxygen atoms in total. The molecule has 1 aliphatic carbocycles. The topological polar surface area (TPSA) is 12.9 Å². The van der Waals surface area contributed by atoms with E-state index in [4.69, 9.17) is 0 Å². The van der Waals surface area contributed by atoms with Gasteiger partial charge in [0.15, 0.2) is 0 Å². The average molecular weight is 133 g/mol. The minimum atomic E-state index is 0.726. The van der Waals surface area contributed by atoms with Gasteiger partial charge in [-0.05, 0) is 29.0 Å². The summed E-state index contributed by atoms with van der Waals surface area (Å²) in [6.07, 6.45) is 3.86. The highest BCUT2D eigenvalue weighted by atomic mass is 14.6. The van der Waals surface area contributed by atoms with Gasteiger partial charge in [0.05, 0.1) is 0 Å². The first-order valence-electron chi connectivity index (χ1n) is 3.74. The summed E-state index contributed by atoms with van der Waals surface area (Å²) >= 11 is 0. The number of nitrogens with zero attached hydrogens (tertiary/aromatic N) is 1. The summed E-state index contributed by atoms with van der Waals surface area (Å²) in [7, 11) is 0. The van der Waals surface area contributed by atoms with E-state index in [0.29, 0.717) is 0 Å². The summed E-state index contributed by atoms with van der Waals surface area (Å²) in [6.45, 7) is 4.53. The SMILES string of the molecule is CC1c2cnccc2[C@@H]1C. The van der Waals surface area contributed by atoms with Gasteiger partial charge in [0, 0.05) is 12.4 Å². The Morgan fingerprint density at radius 1 is 1.20 bits per heavy atom. The van der Waals surface area contributed by atoms with Gasteiger partial charge in [0.1, 0.15) is 0 Å². The molecule has 1 unspecified atom stereocenters. The maximum atomic E-state index is 4.08. The van der Waals surface area contributed by atoms with Gasteiger partial charge in [-0.1, -0.05) is 13.8 Å². The van der Waals surface area contributed by atoms with Crippen molar-refractivity contribution in [2.24, 2.45) is 0 Å². The standard InChI is InChI=1S/C9H11N/c1-6-7(2)9-5-10-4-3-8(6)9/h3-7H,1-2H3/t6-,7?/m1/s1. The van der Waals surface area contributed by atoms with Crippen LogP contribution in [0.2, 0.25) is 0 Å². The van der Waals surface area contributed by atoms with Crippen LogP contribution in [0, 0.1) is 0 Å². The molecule has 1 aliphatic rings. The number of pyridine rings is 1. The van der Waals surface area contributed by atoms with Gasteiger partial charge >= 0.3 is 0 Å². The molecular weight excluding hydrogens is 122 g/mol. The highest BCUT2D eigenvalue weighted by Crippen LogP contribution is 2.44. The number of rotatable bonds is 0. The third-order valence-electron chi connectivity index (χ3n) is 2.62. The van der Waals surface area contributed by atoms with Crippen LogP contribution in [0.25, 0.3) is 0 Å². The Hall–Kier alpha value is -0.850. The van der Waals surface area contributed by atoms with Crippen molar-refractivity contribution in [1.82, 2.24) is 4.98 Å². The Morgan fingerprint density at radius 3 is 2.60 bits per heavy atom. The van der Waals surface area contributed by atoms with Crippen LogP contribution in [0.15, 0.2) is 18.5 Å². The van der Waals surface area contributed by atoms with Crippen molar-refractivity contribution < 1.29 is 0 Å². The number of aromatic nitrogens is 1. The van der Waals surface area contributed by atoms with Crippen molar-refractivity contribution in [2.75, 3.05) is 0 Å². The first kappa shape index (κ1) is 5.90.